The smallest absolute Gasteiger partial charge is 0.244 e. The van der Waals surface area contributed by atoms with E-state index in [9.17, 15) is 26.8 Å². The van der Waals surface area contributed by atoms with Crippen molar-refractivity contribution in [2.75, 3.05) is 23.7 Å². The average molecular weight is 516 g/mol. The van der Waals surface area contributed by atoms with Crippen molar-refractivity contribution in [2.24, 2.45) is 0 Å². The second kappa shape index (κ2) is 12.1. The van der Waals surface area contributed by atoms with Crippen molar-refractivity contribution < 1.29 is 26.8 Å². The van der Waals surface area contributed by atoms with Gasteiger partial charge in [0.25, 0.3) is 0 Å². The summed E-state index contributed by atoms with van der Waals surface area (Å²) < 4.78 is 52.6. The molecule has 2 amide bonds. The molecule has 0 heterocycles. The van der Waals surface area contributed by atoms with Gasteiger partial charge in [0.05, 0.1) is 11.9 Å². The second-order valence-corrected chi connectivity index (χ2v) is 10.2. The molecule has 0 saturated heterocycles. The lowest BCUT2D eigenvalue weighted by molar-refractivity contribution is -0.139. The van der Waals surface area contributed by atoms with E-state index < -0.39 is 46.1 Å². The Hall–Kier alpha value is -2.72. The van der Waals surface area contributed by atoms with Crippen LogP contribution in [-0.2, 0) is 26.2 Å². The van der Waals surface area contributed by atoms with Crippen molar-refractivity contribution in [3.05, 3.63) is 64.7 Å². The molecule has 2 aromatic carbocycles. The van der Waals surface area contributed by atoms with Crippen molar-refractivity contribution in [1.29, 1.82) is 0 Å². The normalized spacial score (nSPS) is 12.2. The third kappa shape index (κ3) is 7.66. The highest BCUT2D eigenvalue weighted by Gasteiger charge is 2.30. The van der Waals surface area contributed by atoms with Crippen molar-refractivity contribution in [2.45, 2.75) is 39.3 Å². The van der Waals surface area contributed by atoms with E-state index in [-0.39, 0.29) is 12.2 Å². The van der Waals surface area contributed by atoms with E-state index in [1.807, 2.05) is 6.92 Å². The van der Waals surface area contributed by atoms with Crippen LogP contribution < -0.4 is 9.62 Å². The highest BCUT2D eigenvalue weighted by Crippen LogP contribution is 2.22. The van der Waals surface area contributed by atoms with Gasteiger partial charge in [-0.1, -0.05) is 37.1 Å². The second-order valence-electron chi connectivity index (χ2n) is 7.84. The van der Waals surface area contributed by atoms with Crippen LogP contribution in [-0.4, -0.2) is 50.5 Å². The van der Waals surface area contributed by atoms with E-state index in [0.29, 0.717) is 27.5 Å². The van der Waals surface area contributed by atoms with Gasteiger partial charge in [0, 0.05) is 24.2 Å². The summed E-state index contributed by atoms with van der Waals surface area (Å²) >= 11 is 6.05. The number of unbranched alkanes of at least 4 members (excludes halogenated alkanes) is 1. The number of rotatable bonds is 11. The van der Waals surface area contributed by atoms with E-state index in [4.69, 9.17) is 11.6 Å². The minimum absolute atomic E-state index is 0.0167. The number of hydrogen-bond donors (Lipinski definition) is 1. The van der Waals surface area contributed by atoms with Crippen LogP contribution in [0.1, 0.15) is 32.3 Å². The molecule has 0 unspecified atom stereocenters. The first-order chi connectivity index (χ1) is 15.9. The van der Waals surface area contributed by atoms with Gasteiger partial charge in [-0.15, -0.1) is 0 Å². The number of halogens is 3. The third-order valence-corrected chi connectivity index (χ3v) is 6.48. The molecule has 0 aliphatic rings. The lowest BCUT2D eigenvalue weighted by Gasteiger charge is -2.31. The first kappa shape index (κ1) is 27.5. The number of nitrogens with zero attached hydrogens (tertiary/aromatic N) is 2. The predicted octanol–water partition coefficient (Wildman–Crippen LogP) is 3.72. The number of carbonyl (C=O) groups excluding carboxylic acids is 2. The topological polar surface area (TPSA) is 86.8 Å². The molecule has 11 heteroatoms. The van der Waals surface area contributed by atoms with Gasteiger partial charge in [-0.2, -0.15) is 0 Å². The Labute approximate surface area is 203 Å². The summed E-state index contributed by atoms with van der Waals surface area (Å²) in [6, 6.07) is 8.31. The van der Waals surface area contributed by atoms with Gasteiger partial charge >= 0.3 is 0 Å². The minimum Gasteiger partial charge on any atom is -0.354 e. The Kier molecular flexibility index (Phi) is 9.81. The molecule has 0 spiro atoms. The first-order valence-corrected chi connectivity index (χ1v) is 12.9. The Morgan fingerprint density at radius 1 is 1.12 bits per heavy atom. The Morgan fingerprint density at radius 2 is 1.82 bits per heavy atom. The number of anilines is 1. The van der Waals surface area contributed by atoms with Crippen LogP contribution in [0.3, 0.4) is 0 Å². The number of amides is 2. The van der Waals surface area contributed by atoms with Crippen molar-refractivity contribution >= 4 is 39.1 Å². The highest BCUT2D eigenvalue weighted by atomic mass is 35.5. The summed E-state index contributed by atoms with van der Waals surface area (Å²) in [5.41, 5.74) is 0.422. The largest absolute Gasteiger partial charge is 0.354 e. The predicted molar refractivity (Wildman–Crippen MR) is 128 cm³/mol. The van der Waals surface area contributed by atoms with Crippen molar-refractivity contribution in [1.82, 2.24) is 10.2 Å². The lowest BCUT2D eigenvalue weighted by Crippen LogP contribution is -2.51. The molecule has 0 fully saturated rings. The Balaban J connectivity index is 2.37. The zero-order valence-electron chi connectivity index (χ0n) is 19.2. The SMILES string of the molecule is CCCCNC(=O)[C@H](C)N(Cc1cccc(Cl)c1)C(=O)CN(c1ccc(F)c(F)c1)S(C)(=O)=O. The molecule has 186 valence electrons. The van der Waals surface area contributed by atoms with Gasteiger partial charge < -0.3 is 10.2 Å². The van der Waals surface area contributed by atoms with Gasteiger partial charge in [-0.3, -0.25) is 13.9 Å². The molecule has 0 radical (unpaired) electrons. The molecular formula is C23H28ClF2N3O4S. The molecule has 0 bridgehead atoms. The molecule has 0 aromatic heterocycles. The maximum absolute atomic E-state index is 13.8. The number of benzene rings is 2. The third-order valence-electron chi connectivity index (χ3n) is 5.11. The quantitative estimate of drug-likeness (QED) is 0.462. The van der Waals surface area contributed by atoms with Crippen LogP contribution >= 0.6 is 11.6 Å². The molecular weight excluding hydrogens is 488 g/mol. The van der Waals surface area contributed by atoms with Crippen molar-refractivity contribution in [3.63, 3.8) is 0 Å². The fourth-order valence-corrected chi connectivity index (χ4v) is 4.26. The van der Waals surface area contributed by atoms with E-state index in [2.05, 4.69) is 5.32 Å². The summed E-state index contributed by atoms with van der Waals surface area (Å²) in [6.07, 6.45) is 2.49. The van der Waals surface area contributed by atoms with Crippen LogP contribution in [0.4, 0.5) is 14.5 Å². The van der Waals surface area contributed by atoms with Crippen LogP contribution in [0.2, 0.25) is 5.02 Å². The molecule has 34 heavy (non-hydrogen) atoms. The van der Waals surface area contributed by atoms with E-state index in [0.717, 1.165) is 31.2 Å². The van der Waals surface area contributed by atoms with Crippen LogP contribution in [0.15, 0.2) is 42.5 Å². The van der Waals surface area contributed by atoms with Gasteiger partial charge in [0.1, 0.15) is 12.6 Å². The van der Waals surface area contributed by atoms with E-state index in [1.165, 1.54) is 11.8 Å². The fraction of sp³-hybridized carbons (Fsp3) is 0.391. The minimum atomic E-state index is -4.04. The zero-order valence-corrected chi connectivity index (χ0v) is 20.8. The molecule has 0 saturated carbocycles. The molecule has 0 aliphatic carbocycles. The molecule has 0 aliphatic heterocycles. The lowest BCUT2D eigenvalue weighted by atomic mass is 10.1. The molecule has 1 atom stereocenters. The first-order valence-electron chi connectivity index (χ1n) is 10.7. The zero-order chi connectivity index (χ0) is 25.5. The number of sulfonamides is 1. The van der Waals surface area contributed by atoms with E-state index in [1.54, 1.807) is 24.3 Å². The van der Waals surface area contributed by atoms with E-state index >= 15 is 0 Å². The summed E-state index contributed by atoms with van der Waals surface area (Å²) in [7, 11) is -4.04. The summed E-state index contributed by atoms with van der Waals surface area (Å²) in [6.45, 7) is 3.21. The van der Waals surface area contributed by atoms with Crippen LogP contribution in [0.5, 0.6) is 0 Å². The number of carbonyl (C=O) groups is 2. The summed E-state index contributed by atoms with van der Waals surface area (Å²) in [4.78, 5) is 27.3. The van der Waals surface area contributed by atoms with Gasteiger partial charge in [0.2, 0.25) is 21.8 Å². The molecule has 7 nitrogen and oxygen atoms in total. The van der Waals surface area contributed by atoms with Gasteiger partial charge in [-0.05, 0) is 43.2 Å². The standard InChI is InChI=1S/C23H28ClF2N3O4S/c1-4-5-11-27-23(31)16(2)28(14-17-7-6-8-18(24)12-17)22(30)15-29(34(3,32)33)19-9-10-20(25)21(26)13-19/h6-10,12-13,16H,4-5,11,14-15H2,1-3H3,(H,27,31)/t16-/m0/s1. The number of nitrogens with one attached hydrogen (secondary N) is 1. The van der Waals surface area contributed by atoms with Gasteiger partial charge in [-0.25, -0.2) is 17.2 Å². The maximum Gasteiger partial charge on any atom is 0.244 e. The molecule has 1 N–H and O–H groups in total. The van der Waals surface area contributed by atoms with Crippen LogP contribution in [0, 0.1) is 11.6 Å². The van der Waals surface area contributed by atoms with Crippen molar-refractivity contribution in [3.8, 4) is 0 Å². The fourth-order valence-electron chi connectivity index (χ4n) is 3.20. The average Bonchev–Trinajstić information content (AvgIpc) is 2.76. The number of hydrogen-bond acceptors (Lipinski definition) is 4. The van der Waals surface area contributed by atoms with Gasteiger partial charge in [0.15, 0.2) is 11.6 Å². The summed E-state index contributed by atoms with van der Waals surface area (Å²) in [5.74, 6) is -3.50. The Morgan fingerprint density at radius 3 is 2.41 bits per heavy atom. The highest BCUT2D eigenvalue weighted by molar-refractivity contribution is 7.92. The molecule has 2 aromatic rings. The maximum atomic E-state index is 13.8. The summed E-state index contributed by atoms with van der Waals surface area (Å²) in [5, 5.41) is 3.20. The van der Waals surface area contributed by atoms with Crippen LogP contribution in [0.25, 0.3) is 0 Å². The Bertz CT molecular complexity index is 1130. The molecule has 2 rings (SSSR count). The monoisotopic (exact) mass is 515 g/mol.